The summed E-state index contributed by atoms with van der Waals surface area (Å²) in [6.45, 7) is 1.61. The average molecular weight is 424 g/mol. The molecule has 1 heterocycles. The Hall–Kier alpha value is -3.65. The number of nitrogens with one attached hydrogen (secondary N) is 2. The van der Waals surface area contributed by atoms with Gasteiger partial charge < -0.3 is 9.73 Å². The minimum absolute atomic E-state index is 0.0758. The summed E-state index contributed by atoms with van der Waals surface area (Å²) in [5.41, 5.74) is 1.12. The first kappa shape index (κ1) is 19.7. The van der Waals surface area contributed by atoms with Crippen molar-refractivity contribution in [1.29, 1.82) is 0 Å². The number of carbonyl (C=O) groups is 1. The molecule has 2 N–H and O–H groups in total. The summed E-state index contributed by atoms with van der Waals surface area (Å²) >= 11 is 0. The Balaban J connectivity index is 1.61. The number of sulfonamides is 1. The van der Waals surface area contributed by atoms with Crippen LogP contribution in [0.1, 0.15) is 16.1 Å². The smallest absolute Gasteiger partial charge is 0.291 e. The van der Waals surface area contributed by atoms with E-state index in [9.17, 15) is 17.6 Å². The number of fused-ring (bicyclic) bond motifs is 1. The number of anilines is 2. The Morgan fingerprint density at radius 1 is 0.967 bits per heavy atom. The molecule has 6 nitrogen and oxygen atoms in total. The van der Waals surface area contributed by atoms with E-state index in [1.54, 1.807) is 37.3 Å². The summed E-state index contributed by atoms with van der Waals surface area (Å²) in [7, 11) is -4.07. The first-order chi connectivity index (χ1) is 14.3. The predicted octanol–water partition coefficient (Wildman–Crippen LogP) is 4.93. The molecule has 1 aromatic heterocycles. The first-order valence-electron chi connectivity index (χ1n) is 9.01. The standard InChI is InChI=1S/C22H17FN2O4S/c1-14-10-11-16(24-22(26)20-12-15-6-2-5-9-19(15)29-20)13-21(14)30(27,28)25-18-8-4-3-7-17(18)23/h2-13,25H,1H3,(H,24,26). The average Bonchev–Trinajstić information content (AvgIpc) is 3.15. The monoisotopic (exact) mass is 424 g/mol. The zero-order valence-electron chi connectivity index (χ0n) is 15.8. The van der Waals surface area contributed by atoms with Gasteiger partial charge in [-0.3, -0.25) is 9.52 Å². The Bertz CT molecular complexity index is 1330. The molecule has 0 saturated carbocycles. The van der Waals surface area contributed by atoms with Gasteiger partial charge in [0, 0.05) is 11.1 Å². The van der Waals surface area contributed by atoms with E-state index in [-0.39, 0.29) is 22.0 Å². The summed E-state index contributed by atoms with van der Waals surface area (Å²) in [6, 6.07) is 18.7. The molecule has 4 aromatic rings. The van der Waals surface area contributed by atoms with E-state index in [0.717, 1.165) is 11.5 Å². The maximum atomic E-state index is 13.9. The third-order valence-corrected chi connectivity index (χ3v) is 6.01. The van der Waals surface area contributed by atoms with Crippen molar-refractivity contribution >= 4 is 38.3 Å². The van der Waals surface area contributed by atoms with Crippen molar-refractivity contribution in [1.82, 2.24) is 0 Å². The molecule has 8 heteroatoms. The number of para-hydroxylation sites is 2. The van der Waals surface area contributed by atoms with E-state index in [2.05, 4.69) is 10.0 Å². The topological polar surface area (TPSA) is 88.4 Å². The Labute approximate surface area is 172 Å². The summed E-state index contributed by atoms with van der Waals surface area (Å²) < 4.78 is 47.2. The van der Waals surface area contributed by atoms with Crippen LogP contribution in [0.15, 0.2) is 82.1 Å². The van der Waals surface area contributed by atoms with Gasteiger partial charge in [0.2, 0.25) is 0 Å². The maximum Gasteiger partial charge on any atom is 0.291 e. The molecule has 0 spiro atoms. The number of amides is 1. The molecule has 30 heavy (non-hydrogen) atoms. The van der Waals surface area contributed by atoms with Crippen LogP contribution in [0.5, 0.6) is 0 Å². The molecule has 0 aliphatic carbocycles. The molecule has 0 atom stereocenters. The van der Waals surface area contributed by atoms with Crippen LogP contribution in [0.3, 0.4) is 0 Å². The minimum atomic E-state index is -4.07. The van der Waals surface area contributed by atoms with Crippen molar-refractivity contribution in [2.24, 2.45) is 0 Å². The number of halogens is 1. The molecule has 1 amide bonds. The highest BCUT2D eigenvalue weighted by molar-refractivity contribution is 7.92. The molecule has 152 valence electrons. The lowest BCUT2D eigenvalue weighted by Crippen LogP contribution is -2.16. The summed E-state index contributed by atoms with van der Waals surface area (Å²) in [5.74, 6) is -1.10. The van der Waals surface area contributed by atoms with Gasteiger partial charge in [-0.1, -0.05) is 36.4 Å². The van der Waals surface area contributed by atoms with Gasteiger partial charge in [-0.25, -0.2) is 12.8 Å². The number of rotatable bonds is 5. The minimum Gasteiger partial charge on any atom is -0.451 e. The molecule has 3 aromatic carbocycles. The van der Waals surface area contributed by atoms with Gasteiger partial charge in [-0.2, -0.15) is 0 Å². The number of carbonyl (C=O) groups excluding carboxylic acids is 1. The Morgan fingerprint density at radius 3 is 2.47 bits per heavy atom. The van der Waals surface area contributed by atoms with E-state index in [1.807, 2.05) is 12.1 Å². The quantitative estimate of drug-likeness (QED) is 0.475. The van der Waals surface area contributed by atoms with Crippen molar-refractivity contribution in [2.45, 2.75) is 11.8 Å². The number of furan rings is 1. The maximum absolute atomic E-state index is 13.9. The summed E-state index contributed by atoms with van der Waals surface area (Å²) in [5, 5.41) is 3.42. The second-order valence-corrected chi connectivity index (χ2v) is 8.32. The highest BCUT2D eigenvalue weighted by Crippen LogP contribution is 2.25. The lowest BCUT2D eigenvalue weighted by molar-refractivity contribution is 0.0998. The second-order valence-electron chi connectivity index (χ2n) is 6.67. The van der Waals surface area contributed by atoms with Crippen LogP contribution >= 0.6 is 0 Å². The molecule has 0 saturated heterocycles. The molecule has 0 bridgehead atoms. The van der Waals surface area contributed by atoms with Gasteiger partial charge in [0.1, 0.15) is 11.4 Å². The molecule has 0 fully saturated rings. The van der Waals surface area contributed by atoms with E-state index in [0.29, 0.717) is 11.1 Å². The van der Waals surface area contributed by atoms with E-state index < -0.39 is 21.7 Å². The normalized spacial score (nSPS) is 11.4. The van der Waals surface area contributed by atoms with Gasteiger partial charge in [0.05, 0.1) is 10.6 Å². The number of hydrogen-bond donors (Lipinski definition) is 2. The molecular weight excluding hydrogens is 407 g/mol. The summed E-state index contributed by atoms with van der Waals surface area (Å²) in [4.78, 5) is 12.5. The van der Waals surface area contributed by atoms with Crippen LogP contribution in [0.2, 0.25) is 0 Å². The van der Waals surface area contributed by atoms with Crippen LogP contribution in [-0.2, 0) is 10.0 Å². The van der Waals surface area contributed by atoms with Crippen LogP contribution in [0.4, 0.5) is 15.8 Å². The predicted molar refractivity (Wildman–Crippen MR) is 113 cm³/mol. The highest BCUT2D eigenvalue weighted by Gasteiger charge is 2.20. The van der Waals surface area contributed by atoms with Crippen molar-refractivity contribution in [3.8, 4) is 0 Å². The lowest BCUT2D eigenvalue weighted by Gasteiger charge is -2.13. The van der Waals surface area contributed by atoms with Crippen LogP contribution < -0.4 is 10.0 Å². The van der Waals surface area contributed by atoms with Gasteiger partial charge >= 0.3 is 0 Å². The van der Waals surface area contributed by atoms with E-state index in [1.165, 1.54) is 24.3 Å². The fraction of sp³-hybridized carbons (Fsp3) is 0.0455. The molecule has 0 radical (unpaired) electrons. The fourth-order valence-electron chi connectivity index (χ4n) is 3.00. The van der Waals surface area contributed by atoms with E-state index >= 15 is 0 Å². The van der Waals surface area contributed by atoms with E-state index in [4.69, 9.17) is 4.42 Å². The zero-order valence-corrected chi connectivity index (χ0v) is 16.7. The zero-order chi connectivity index (χ0) is 21.3. The molecule has 0 aliphatic heterocycles. The molecule has 4 rings (SSSR count). The molecule has 0 aliphatic rings. The SMILES string of the molecule is Cc1ccc(NC(=O)c2cc3ccccc3o2)cc1S(=O)(=O)Nc1ccccc1F. The lowest BCUT2D eigenvalue weighted by atomic mass is 10.2. The second kappa shape index (κ2) is 7.64. The first-order valence-corrected chi connectivity index (χ1v) is 10.5. The highest BCUT2D eigenvalue weighted by atomic mass is 32.2. The van der Waals surface area contributed by atoms with Gasteiger partial charge in [0.25, 0.3) is 15.9 Å². The van der Waals surface area contributed by atoms with Gasteiger partial charge in [-0.15, -0.1) is 0 Å². The fourth-order valence-corrected chi connectivity index (χ4v) is 4.34. The number of benzene rings is 3. The van der Waals surface area contributed by atoms with Crippen LogP contribution in [0.25, 0.3) is 11.0 Å². The Morgan fingerprint density at radius 2 is 1.70 bits per heavy atom. The Kier molecular flexibility index (Phi) is 5.01. The molecular formula is C22H17FN2O4S. The third-order valence-electron chi connectivity index (χ3n) is 4.50. The van der Waals surface area contributed by atoms with Crippen molar-refractivity contribution in [2.75, 3.05) is 10.0 Å². The largest absolute Gasteiger partial charge is 0.451 e. The van der Waals surface area contributed by atoms with Crippen LogP contribution in [-0.4, -0.2) is 14.3 Å². The number of hydrogen-bond acceptors (Lipinski definition) is 4. The van der Waals surface area contributed by atoms with Gasteiger partial charge in [0.15, 0.2) is 5.76 Å². The molecule has 0 unspecified atom stereocenters. The van der Waals surface area contributed by atoms with Crippen molar-refractivity contribution < 1.29 is 22.0 Å². The van der Waals surface area contributed by atoms with Crippen molar-refractivity contribution in [3.05, 3.63) is 89.9 Å². The summed E-state index contributed by atoms with van der Waals surface area (Å²) in [6.07, 6.45) is 0. The van der Waals surface area contributed by atoms with Crippen LogP contribution in [0, 0.1) is 12.7 Å². The number of aryl methyl sites for hydroxylation is 1. The van der Waals surface area contributed by atoms with Crippen molar-refractivity contribution in [3.63, 3.8) is 0 Å². The van der Waals surface area contributed by atoms with Gasteiger partial charge in [-0.05, 0) is 48.9 Å². The third kappa shape index (κ3) is 3.90.